The fraction of sp³-hybridized carbons (Fsp3) is 0.889. The highest BCUT2D eigenvalue weighted by atomic mass is 16.6. The largest absolute Gasteiger partial charge is 0.444 e. The van der Waals surface area contributed by atoms with Crippen LogP contribution in [-0.2, 0) is 14.3 Å². The van der Waals surface area contributed by atoms with Crippen molar-refractivity contribution in [3.63, 3.8) is 0 Å². The normalized spacial score (nSPS) is 34.5. The molecule has 4 bridgehead atoms. The molecule has 2 aliphatic carbocycles. The molecule has 0 aromatic rings. The minimum atomic E-state index is -0.483. The smallest absolute Gasteiger partial charge is 0.410 e. The van der Waals surface area contributed by atoms with Gasteiger partial charge in [0.1, 0.15) is 5.60 Å². The van der Waals surface area contributed by atoms with E-state index in [0.717, 1.165) is 51.9 Å². The van der Waals surface area contributed by atoms with Gasteiger partial charge in [-0.1, -0.05) is 0 Å². The summed E-state index contributed by atoms with van der Waals surface area (Å²) >= 11 is 0. The Morgan fingerprint density at radius 3 is 2.23 bits per heavy atom. The fourth-order valence-electron chi connectivity index (χ4n) is 7.44. The maximum atomic E-state index is 13.3. The molecule has 196 valence electrons. The topological polar surface area (TPSA) is 82.2 Å². The lowest BCUT2D eigenvalue weighted by Gasteiger charge is -2.39. The van der Waals surface area contributed by atoms with E-state index >= 15 is 0 Å². The van der Waals surface area contributed by atoms with Gasteiger partial charge in [-0.25, -0.2) is 4.79 Å². The number of rotatable bonds is 6. The molecule has 0 aromatic heterocycles. The summed E-state index contributed by atoms with van der Waals surface area (Å²) in [5.41, 5.74) is -0.483. The minimum absolute atomic E-state index is 0.167. The number of fused-ring (bicyclic) bond motifs is 4. The molecule has 35 heavy (non-hydrogen) atoms. The first kappa shape index (κ1) is 24.8. The van der Waals surface area contributed by atoms with Crippen LogP contribution < -0.4 is 5.32 Å². The lowest BCUT2D eigenvalue weighted by molar-refractivity contribution is -0.135. The van der Waals surface area contributed by atoms with Crippen molar-refractivity contribution in [1.82, 2.24) is 20.0 Å². The number of amides is 3. The Bertz CT molecular complexity index is 806. The Morgan fingerprint density at radius 2 is 1.63 bits per heavy atom. The number of nitrogens with one attached hydrogen (secondary N) is 1. The highest BCUT2D eigenvalue weighted by molar-refractivity contribution is 5.78. The molecule has 1 N–H and O–H groups in total. The van der Waals surface area contributed by atoms with E-state index in [1.165, 1.54) is 12.8 Å². The van der Waals surface area contributed by atoms with E-state index in [2.05, 4.69) is 15.1 Å². The predicted molar refractivity (Wildman–Crippen MR) is 133 cm³/mol. The van der Waals surface area contributed by atoms with Crippen LogP contribution in [0.4, 0.5) is 4.79 Å². The van der Waals surface area contributed by atoms with Crippen molar-refractivity contribution in [3.8, 4) is 0 Å². The first-order valence-corrected chi connectivity index (χ1v) is 14.0. The average Bonchev–Trinajstić information content (AvgIpc) is 3.56. The van der Waals surface area contributed by atoms with E-state index in [0.29, 0.717) is 49.6 Å². The standard InChI is InChI=1S/C27H44N4O4/c1-27(2,3)35-26(34)30-15-18-6-7-19(16-30)22(18)14-25(33)31-17-20-12-21(31)13-23(20)28-24(32)8-11-29-9-4-5-10-29/h18-23H,4-17H2,1-3H3,(H,28,32)/t18?,19?,20-,21-,22?,23-/m0/s1. The van der Waals surface area contributed by atoms with Gasteiger partial charge in [-0.2, -0.15) is 0 Å². The van der Waals surface area contributed by atoms with Crippen LogP contribution in [0.1, 0.15) is 72.1 Å². The Morgan fingerprint density at radius 1 is 0.943 bits per heavy atom. The van der Waals surface area contributed by atoms with Crippen molar-refractivity contribution in [2.75, 3.05) is 39.3 Å². The van der Waals surface area contributed by atoms with Crippen LogP contribution in [0, 0.1) is 23.7 Å². The summed E-state index contributed by atoms with van der Waals surface area (Å²) in [5.74, 6) is 2.01. The summed E-state index contributed by atoms with van der Waals surface area (Å²) in [6.45, 7) is 11.0. The van der Waals surface area contributed by atoms with Gasteiger partial charge >= 0.3 is 6.09 Å². The Balaban J connectivity index is 1.07. The molecule has 0 spiro atoms. The maximum Gasteiger partial charge on any atom is 0.410 e. The number of carbonyl (C=O) groups excluding carboxylic acids is 3. The summed E-state index contributed by atoms with van der Waals surface area (Å²) in [4.78, 5) is 44.7. The predicted octanol–water partition coefficient (Wildman–Crippen LogP) is 2.86. The molecule has 5 aliphatic rings. The number of carbonyl (C=O) groups is 3. The van der Waals surface area contributed by atoms with Gasteiger partial charge in [0.2, 0.25) is 11.8 Å². The third kappa shape index (κ3) is 5.62. The summed E-state index contributed by atoms with van der Waals surface area (Å²) < 4.78 is 5.59. The highest BCUT2D eigenvalue weighted by Crippen LogP contribution is 2.45. The Labute approximate surface area is 210 Å². The Kier molecular flexibility index (Phi) is 7.03. The average molecular weight is 489 g/mol. The van der Waals surface area contributed by atoms with Crippen molar-refractivity contribution in [3.05, 3.63) is 0 Å². The van der Waals surface area contributed by atoms with Crippen LogP contribution in [0.2, 0.25) is 0 Å². The molecular weight excluding hydrogens is 444 g/mol. The third-order valence-electron chi connectivity index (χ3n) is 9.15. The van der Waals surface area contributed by atoms with Crippen molar-refractivity contribution >= 4 is 17.9 Å². The molecule has 8 nitrogen and oxygen atoms in total. The van der Waals surface area contributed by atoms with Crippen LogP contribution >= 0.6 is 0 Å². The lowest BCUT2D eigenvalue weighted by atomic mass is 9.82. The molecule has 5 atom stereocenters. The molecule has 3 aliphatic heterocycles. The van der Waals surface area contributed by atoms with Gasteiger partial charge in [0, 0.05) is 51.1 Å². The second-order valence-corrected chi connectivity index (χ2v) is 12.8. The zero-order valence-electron chi connectivity index (χ0n) is 21.8. The van der Waals surface area contributed by atoms with Gasteiger partial charge in [0.05, 0.1) is 0 Å². The van der Waals surface area contributed by atoms with Gasteiger partial charge in [0.15, 0.2) is 0 Å². The summed E-state index contributed by atoms with van der Waals surface area (Å²) in [7, 11) is 0. The van der Waals surface area contributed by atoms with E-state index in [4.69, 9.17) is 4.74 Å². The monoisotopic (exact) mass is 488 g/mol. The van der Waals surface area contributed by atoms with Crippen LogP contribution in [0.3, 0.4) is 0 Å². The van der Waals surface area contributed by atoms with Gasteiger partial charge < -0.3 is 24.8 Å². The first-order valence-electron chi connectivity index (χ1n) is 14.0. The van der Waals surface area contributed by atoms with E-state index in [1.54, 1.807) is 0 Å². The quantitative estimate of drug-likeness (QED) is 0.622. The van der Waals surface area contributed by atoms with Crippen LogP contribution in [0.25, 0.3) is 0 Å². The van der Waals surface area contributed by atoms with E-state index in [-0.39, 0.29) is 30.0 Å². The van der Waals surface area contributed by atoms with Gasteiger partial charge in [-0.3, -0.25) is 9.59 Å². The van der Waals surface area contributed by atoms with Crippen LogP contribution in [-0.4, -0.2) is 89.6 Å². The number of ether oxygens (including phenoxy) is 1. The number of nitrogens with zero attached hydrogens (tertiary/aromatic N) is 3. The second-order valence-electron chi connectivity index (χ2n) is 12.8. The van der Waals surface area contributed by atoms with Gasteiger partial charge in [-0.15, -0.1) is 0 Å². The molecular formula is C27H44N4O4. The molecule has 5 rings (SSSR count). The number of piperidine rings is 2. The lowest BCUT2D eigenvalue weighted by Crippen LogP contribution is -2.50. The van der Waals surface area contributed by atoms with Crippen LogP contribution in [0.15, 0.2) is 0 Å². The minimum Gasteiger partial charge on any atom is -0.444 e. The van der Waals surface area contributed by atoms with E-state index in [1.807, 2.05) is 25.7 Å². The third-order valence-corrected chi connectivity index (χ3v) is 9.15. The highest BCUT2D eigenvalue weighted by Gasteiger charge is 2.49. The van der Waals surface area contributed by atoms with Crippen molar-refractivity contribution in [1.29, 1.82) is 0 Å². The molecule has 2 saturated carbocycles. The number of likely N-dealkylation sites (tertiary alicyclic amines) is 3. The first-order chi connectivity index (χ1) is 16.7. The maximum absolute atomic E-state index is 13.3. The zero-order chi connectivity index (χ0) is 24.7. The molecule has 3 amide bonds. The Hall–Kier alpha value is -1.83. The number of hydrogen-bond donors (Lipinski definition) is 1. The molecule has 3 heterocycles. The molecule has 2 unspecified atom stereocenters. The molecule has 5 fully saturated rings. The van der Waals surface area contributed by atoms with E-state index in [9.17, 15) is 14.4 Å². The molecule has 3 saturated heterocycles. The van der Waals surface area contributed by atoms with Crippen molar-refractivity contribution in [2.24, 2.45) is 23.7 Å². The van der Waals surface area contributed by atoms with Gasteiger partial charge in [0.25, 0.3) is 0 Å². The summed E-state index contributed by atoms with van der Waals surface area (Å²) in [6.07, 6.45) is 7.59. The number of hydrogen-bond acceptors (Lipinski definition) is 5. The second kappa shape index (κ2) is 9.91. The summed E-state index contributed by atoms with van der Waals surface area (Å²) in [5, 5.41) is 3.28. The SMILES string of the molecule is CC(C)(C)OC(=O)N1CC2CCC(C1)C2CC(=O)N1C[C@@H]2C[C@H]1C[C@@H]2NC(=O)CCN1CCCC1. The van der Waals surface area contributed by atoms with Gasteiger partial charge in [-0.05, 0) is 96.1 Å². The molecule has 0 aromatic carbocycles. The van der Waals surface area contributed by atoms with Crippen molar-refractivity contribution < 1.29 is 19.1 Å². The van der Waals surface area contributed by atoms with Crippen LogP contribution in [0.5, 0.6) is 0 Å². The molecule has 8 heteroatoms. The zero-order valence-corrected chi connectivity index (χ0v) is 21.8. The van der Waals surface area contributed by atoms with Crippen molar-refractivity contribution in [2.45, 2.75) is 89.8 Å². The fourth-order valence-corrected chi connectivity index (χ4v) is 7.44. The summed E-state index contributed by atoms with van der Waals surface area (Å²) in [6, 6.07) is 0.499. The molecule has 0 radical (unpaired) electrons. The van der Waals surface area contributed by atoms with E-state index < -0.39 is 5.60 Å².